The molecule has 0 aromatic rings. The minimum atomic E-state index is -4.38. The van der Waals surface area contributed by atoms with E-state index in [1.54, 1.807) is 6.92 Å². The van der Waals surface area contributed by atoms with E-state index in [0.29, 0.717) is 6.42 Å². The molecule has 0 fully saturated rings. The van der Waals surface area contributed by atoms with Crippen LogP contribution in [0.4, 0.5) is 13.2 Å². The highest BCUT2D eigenvalue weighted by atomic mass is 35.7. The molecule has 0 aliphatic heterocycles. The molecule has 10 heavy (non-hydrogen) atoms. The van der Waals surface area contributed by atoms with E-state index in [9.17, 15) is 13.2 Å². The van der Waals surface area contributed by atoms with Crippen LogP contribution in [-0.2, 0) is 0 Å². The Kier molecular flexibility index (Phi) is 3.52. The second kappa shape index (κ2) is 3.32. The molecular weight excluding hydrogens is 204 g/mol. The number of alkyl halides is 3. The molecule has 0 atom stereocenters. The molecule has 0 rings (SSSR count). The van der Waals surface area contributed by atoms with Gasteiger partial charge in [0.05, 0.1) is 0 Å². The first-order valence-corrected chi connectivity index (χ1v) is 6.99. The van der Waals surface area contributed by atoms with Gasteiger partial charge in [-0.1, -0.05) is 13.3 Å². The Bertz CT molecular complexity index is 112. The average molecular weight is 211 g/mol. The molecule has 0 unspecified atom stereocenters. The second-order valence-corrected chi connectivity index (χ2v) is 8.88. The van der Waals surface area contributed by atoms with Crippen LogP contribution in [0, 0.1) is 0 Å². The maximum absolute atomic E-state index is 11.8. The largest absolute Gasteiger partial charge is 0.393 e. The fraction of sp³-hybridized carbons (Fsp3) is 1.00. The summed E-state index contributed by atoms with van der Waals surface area (Å²) in [7, 11) is 0. The molecule has 0 saturated carbocycles. The van der Waals surface area contributed by atoms with Crippen molar-refractivity contribution in [1.82, 2.24) is 0 Å². The summed E-state index contributed by atoms with van der Waals surface area (Å²) < 4.78 is 35.5. The van der Waals surface area contributed by atoms with Crippen molar-refractivity contribution < 1.29 is 13.2 Å². The lowest BCUT2D eigenvalue weighted by Gasteiger charge is -2.18. The van der Waals surface area contributed by atoms with E-state index < -0.39 is 12.5 Å². The van der Waals surface area contributed by atoms with Gasteiger partial charge in [0.1, 0.15) is 0 Å². The smallest absolute Gasteiger partial charge is 0.173 e. The summed E-state index contributed by atoms with van der Waals surface area (Å²) in [6, 6.07) is -0.125. The van der Waals surface area contributed by atoms with Crippen LogP contribution in [0.1, 0.15) is 13.3 Å². The third kappa shape index (κ3) is 2.68. The average Bonchev–Trinajstić information content (AvgIpc) is 1.61. The van der Waals surface area contributed by atoms with Crippen molar-refractivity contribution in [3.05, 3.63) is 0 Å². The van der Waals surface area contributed by atoms with Gasteiger partial charge < -0.3 is 0 Å². The van der Waals surface area contributed by atoms with Gasteiger partial charge >= 0.3 is 12.5 Å². The monoisotopic (exact) mass is 210 g/mol. The second-order valence-electron chi connectivity index (χ2n) is 1.95. The third-order valence-corrected chi connectivity index (χ3v) is 5.36. The van der Waals surface area contributed by atoms with Crippen LogP contribution in [0.2, 0.25) is 6.04 Å². The van der Waals surface area contributed by atoms with E-state index in [1.807, 2.05) is 0 Å². The Hall–Kier alpha value is 0.587. The quantitative estimate of drug-likeness (QED) is 0.485. The summed E-state index contributed by atoms with van der Waals surface area (Å²) in [4.78, 5) is 0. The van der Waals surface area contributed by atoms with Crippen LogP contribution in [-0.4, -0.2) is 12.5 Å². The normalized spacial score (nSPS) is 13.8. The number of hydrogen-bond donors (Lipinski definition) is 0. The molecule has 0 N–H and O–H groups in total. The third-order valence-electron chi connectivity index (χ3n) is 0.979. The Morgan fingerprint density at radius 2 is 1.70 bits per heavy atom. The van der Waals surface area contributed by atoms with Crippen LogP contribution < -0.4 is 0 Å². The van der Waals surface area contributed by atoms with Crippen molar-refractivity contribution >= 4 is 28.9 Å². The number of halogens is 5. The molecule has 0 bridgehead atoms. The first kappa shape index (κ1) is 10.6. The summed E-state index contributed by atoms with van der Waals surface area (Å²) in [5, 5.41) is 0. The zero-order valence-electron chi connectivity index (χ0n) is 5.30. The molecule has 0 nitrogen and oxygen atoms in total. The van der Waals surface area contributed by atoms with Crippen LogP contribution in [0.25, 0.3) is 0 Å². The Balaban J connectivity index is 4.10. The molecule has 62 valence electrons. The predicted molar refractivity (Wildman–Crippen MR) is 38.6 cm³/mol. The Labute approximate surface area is 67.7 Å². The lowest BCUT2D eigenvalue weighted by Crippen LogP contribution is -2.39. The van der Waals surface area contributed by atoms with Crippen LogP contribution >= 0.6 is 22.2 Å². The highest BCUT2D eigenvalue weighted by molar-refractivity contribution is 7.46. The number of rotatable bonds is 2. The lowest BCUT2D eigenvalue weighted by molar-refractivity contribution is -0.0511. The zero-order chi connectivity index (χ0) is 8.41. The highest BCUT2D eigenvalue weighted by Gasteiger charge is 2.55. The van der Waals surface area contributed by atoms with E-state index in [2.05, 4.69) is 0 Å². The van der Waals surface area contributed by atoms with Crippen molar-refractivity contribution in [2.75, 3.05) is 0 Å². The molecule has 0 spiro atoms. The molecular formula is C4H7Cl2F3Si. The van der Waals surface area contributed by atoms with E-state index in [1.165, 1.54) is 0 Å². The van der Waals surface area contributed by atoms with E-state index in [-0.39, 0.29) is 6.04 Å². The molecule has 0 aliphatic carbocycles. The van der Waals surface area contributed by atoms with E-state index in [4.69, 9.17) is 22.2 Å². The molecule has 0 saturated heterocycles. The summed E-state index contributed by atoms with van der Waals surface area (Å²) in [6.45, 7) is -2.34. The molecule has 0 aliphatic rings. The van der Waals surface area contributed by atoms with Gasteiger partial charge in [-0.3, -0.25) is 0 Å². The van der Waals surface area contributed by atoms with Crippen molar-refractivity contribution in [2.45, 2.75) is 25.2 Å². The van der Waals surface area contributed by atoms with Gasteiger partial charge in [0, 0.05) is 0 Å². The van der Waals surface area contributed by atoms with Crippen LogP contribution in [0.3, 0.4) is 0 Å². The molecule has 0 radical (unpaired) electrons. The van der Waals surface area contributed by atoms with Crippen molar-refractivity contribution in [2.24, 2.45) is 0 Å². The first-order valence-electron chi connectivity index (χ1n) is 2.76. The topological polar surface area (TPSA) is 0 Å². The minimum Gasteiger partial charge on any atom is -0.173 e. The maximum Gasteiger partial charge on any atom is 0.393 e. The van der Waals surface area contributed by atoms with Gasteiger partial charge in [-0.15, -0.1) is 22.2 Å². The summed E-state index contributed by atoms with van der Waals surface area (Å²) in [5.41, 5.74) is 0. The van der Waals surface area contributed by atoms with Crippen LogP contribution in [0.5, 0.6) is 0 Å². The summed E-state index contributed by atoms with van der Waals surface area (Å²) >= 11 is 10.2. The van der Waals surface area contributed by atoms with Crippen LogP contribution in [0.15, 0.2) is 0 Å². The van der Waals surface area contributed by atoms with Crippen molar-refractivity contribution in [3.63, 3.8) is 0 Å². The zero-order valence-corrected chi connectivity index (χ0v) is 7.82. The lowest BCUT2D eigenvalue weighted by atomic mass is 10.6. The van der Waals surface area contributed by atoms with Crippen molar-refractivity contribution in [3.8, 4) is 0 Å². The number of hydrogen-bond acceptors (Lipinski definition) is 0. The van der Waals surface area contributed by atoms with E-state index in [0.717, 1.165) is 0 Å². The van der Waals surface area contributed by atoms with Gasteiger partial charge in [0.25, 0.3) is 0 Å². The Morgan fingerprint density at radius 3 is 1.80 bits per heavy atom. The molecule has 0 heterocycles. The highest BCUT2D eigenvalue weighted by Crippen LogP contribution is 2.38. The molecule has 6 heteroatoms. The fourth-order valence-electron chi connectivity index (χ4n) is 0.456. The standard InChI is InChI=1S/C4H7Cl2F3Si/c1-2-3-10(5,6)4(7,8)9/h2-3H2,1H3. The van der Waals surface area contributed by atoms with Gasteiger partial charge in [-0.2, -0.15) is 13.2 Å². The minimum absolute atomic E-state index is 0.125. The molecule has 0 amide bonds. The maximum atomic E-state index is 11.8. The summed E-state index contributed by atoms with van der Waals surface area (Å²) in [6.07, 6.45) is 0.374. The molecule has 0 aromatic carbocycles. The first-order chi connectivity index (χ1) is 4.31. The van der Waals surface area contributed by atoms with Gasteiger partial charge in [0.15, 0.2) is 0 Å². The van der Waals surface area contributed by atoms with Gasteiger partial charge in [0.2, 0.25) is 0 Å². The van der Waals surface area contributed by atoms with E-state index >= 15 is 0 Å². The fourth-order valence-corrected chi connectivity index (χ4v) is 2.50. The SMILES string of the molecule is CCC[Si](Cl)(Cl)C(F)(F)F. The van der Waals surface area contributed by atoms with Crippen molar-refractivity contribution in [1.29, 1.82) is 0 Å². The Morgan fingerprint density at radius 1 is 1.30 bits per heavy atom. The predicted octanol–water partition coefficient (Wildman–Crippen LogP) is 3.42. The van der Waals surface area contributed by atoms with Gasteiger partial charge in [-0.25, -0.2) is 0 Å². The molecule has 0 aromatic heterocycles. The van der Waals surface area contributed by atoms with Gasteiger partial charge in [-0.05, 0) is 6.04 Å². The summed E-state index contributed by atoms with van der Waals surface area (Å²) in [5.74, 6) is -4.38.